The molecule has 0 heterocycles. The van der Waals surface area contributed by atoms with Crippen LogP contribution in [0.5, 0.6) is 34.5 Å². The molecule has 0 saturated carbocycles. The van der Waals surface area contributed by atoms with E-state index >= 15 is 0 Å². The van der Waals surface area contributed by atoms with Gasteiger partial charge in [0.2, 0.25) is 0 Å². The van der Waals surface area contributed by atoms with Gasteiger partial charge in [-0.15, -0.1) is 23.2 Å². The molecule has 6 aromatic carbocycles. The molecule has 0 spiro atoms. The smallest absolute Gasteiger partial charge is 0.173 e. The second kappa shape index (κ2) is 13.7. The summed E-state index contributed by atoms with van der Waals surface area (Å²) in [5.41, 5.74) is 4.24. The fraction of sp³-hybridized carbons (Fsp3) is 0.158. The highest BCUT2D eigenvalue weighted by molar-refractivity contribution is 6.18. The van der Waals surface area contributed by atoms with Crippen LogP contribution in [0.2, 0.25) is 0 Å². The first-order valence-corrected chi connectivity index (χ1v) is 15.8. The zero-order chi connectivity index (χ0) is 32.2. The Hall–Kier alpha value is -4.78. The Morgan fingerprint density at radius 1 is 0.543 bits per heavy atom. The Morgan fingerprint density at radius 3 is 1.83 bits per heavy atom. The molecule has 0 radical (unpaired) electrons. The summed E-state index contributed by atoms with van der Waals surface area (Å²) >= 11 is 12.1. The van der Waals surface area contributed by atoms with Crippen LogP contribution in [0.15, 0.2) is 97.1 Å². The van der Waals surface area contributed by atoms with Gasteiger partial charge in [0.15, 0.2) is 11.5 Å². The summed E-state index contributed by atoms with van der Waals surface area (Å²) in [5, 5.41) is 26.0. The van der Waals surface area contributed by atoms with Gasteiger partial charge >= 0.3 is 0 Å². The Morgan fingerprint density at radius 2 is 1.17 bits per heavy atom. The number of phenolic OH excluding ortho intramolecular Hbond substituents is 2. The fourth-order valence-corrected chi connectivity index (χ4v) is 6.05. The number of hydrogen-bond acceptors (Lipinski definition) is 6. The standard InChI is InChI=1S/C38H32Cl2O6/c1-43-36-26(24-11-7-4-8-12-24)15-16-28-33(36)38(46-20-18-40)37(44-2)32(35(28)42)30-22-31(45-19-17-39)29-21-25(13-14-27(29)34(30)41)23-9-5-3-6-10-23/h3-16,21-22,41-42H,17-20H2,1-2H3. The van der Waals surface area contributed by atoms with Crippen LogP contribution < -0.4 is 18.9 Å². The first-order valence-electron chi connectivity index (χ1n) is 14.7. The summed E-state index contributed by atoms with van der Waals surface area (Å²) < 4.78 is 24.3. The molecule has 0 unspecified atom stereocenters. The summed E-state index contributed by atoms with van der Waals surface area (Å²) in [7, 11) is 3.06. The van der Waals surface area contributed by atoms with Crippen LogP contribution in [-0.2, 0) is 0 Å². The quantitative estimate of drug-likeness (QED) is 0.135. The van der Waals surface area contributed by atoms with Gasteiger partial charge in [-0.25, -0.2) is 0 Å². The molecule has 8 heteroatoms. The van der Waals surface area contributed by atoms with Crippen molar-refractivity contribution in [3.05, 3.63) is 97.1 Å². The molecule has 0 fully saturated rings. The molecular weight excluding hydrogens is 623 g/mol. The van der Waals surface area contributed by atoms with Crippen LogP contribution in [0, 0.1) is 0 Å². The lowest BCUT2D eigenvalue weighted by Crippen LogP contribution is -2.04. The van der Waals surface area contributed by atoms with E-state index in [-0.39, 0.29) is 47.8 Å². The summed E-state index contributed by atoms with van der Waals surface area (Å²) in [6.45, 7) is 0.396. The largest absolute Gasteiger partial charge is 0.507 e. The molecule has 0 aliphatic carbocycles. The first-order chi connectivity index (χ1) is 22.5. The number of alkyl halides is 2. The van der Waals surface area contributed by atoms with E-state index in [0.717, 1.165) is 22.3 Å². The van der Waals surface area contributed by atoms with Crippen molar-refractivity contribution in [2.24, 2.45) is 0 Å². The summed E-state index contributed by atoms with van der Waals surface area (Å²) in [6.07, 6.45) is 0. The van der Waals surface area contributed by atoms with Crippen molar-refractivity contribution in [2.75, 3.05) is 39.2 Å². The highest BCUT2D eigenvalue weighted by Gasteiger charge is 2.29. The third-order valence-electron chi connectivity index (χ3n) is 7.91. The highest BCUT2D eigenvalue weighted by atomic mass is 35.5. The van der Waals surface area contributed by atoms with Gasteiger partial charge in [0.05, 0.1) is 36.9 Å². The molecular formula is C38H32Cl2O6. The van der Waals surface area contributed by atoms with Crippen LogP contribution in [0.1, 0.15) is 0 Å². The van der Waals surface area contributed by atoms with Gasteiger partial charge in [0.1, 0.15) is 36.2 Å². The number of methoxy groups -OCH3 is 2. The molecule has 2 N–H and O–H groups in total. The van der Waals surface area contributed by atoms with Gasteiger partial charge in [-0.05, 0) is 47.0 Å². The monoisotopic (exact) mass is 654 g/mol. The van der Waals surface area contributed by atoms with Gasteiger partial charge in [0.25, 0.3) is 0 Å². The summed E-state index contributed by atoms with van der Waals surface area (Å²) in [6, 6.07) is 30.9. The van der Waals surface area contributed by atoms with Crippen molar-refractivity contribution in [1.29, 1.82) is 0 Å². The Balaban J connectivity index is 1.67. The molecule has 0 saturated heterocycles. The third-order valence-corrected chi connectivity index (χ3v) is 8.22. The minimum Gasteiger partial charge on any atom is -0.507 e. The maximum absolute atomic E-state index is 12.0. The van der Waals surface area contributed by atoms with Crippen molar-refractivity contribution < 1.29 is 29.2 Å². The van der Waals surface area contributed by atoms with E-state index in [1.807, 2.05) is 84.9 Å². The lowest BCUT2D eigenvalue weighted by molar-refractivity contribution is 0.314. The molecule has 46 heavy (non-hydrogen) atoms. The number of rotatable bonds is 11. The van der Waals surface area contributed by atoms with Gasteiger partial charge in [-0.2, -0.15) is 0 Å². The van der Waals surface area contributed by atoms with Crippen LogP contribution in [0.3, 0.4) is 0 Å². The predicted octanol–water partition coefficient (Wildman–Crippen LogP) is 9.66. The first kappa shape index (κ1) is 31.2. The summed E-state index contributed by atoms with van der Waals surface area (Å²) in [5.74, 6) is 1.81. The second-order valence-corrected chi connectivity index (χ2v) is 11.2. The van der Waals surface area contributed by atoms with Crippen LogP contribution in [0.25, 0.3) is 54.9 Å². The van der Waals surface area contributed by atoms with Gasteiger partial charge in [-0.1, -0.05) is 66.7 Å². The molecule has 0 atom stereocenters. The zero-order valence-corrected chi connectivity index (χ0v) is 26.9. The molecule has 6 nitrogen and oxygen atoms in total. The Bertz CT molecular complexity index is 2010. The van der Waals surface area contributed by atoms with Crippen molar-refractivity contribution in [2.45, 2.75) is 0 Å². The molecule has 0 aliphatic heterocycles. The van der Waals surface area contributed by atoms with E-state index in [2.05, 4.69) is 0 Å². The van der Waals surface area contributed by atoms with Crippen molar-refractivity contribution in [1.82, 2.24) is 0 Å². The van der Waals surface area contributed by atoms with E-state index in [4.69, 9.17) is 42.1 Å². The zero-order valence-electron chi connectivity index (χ0n) is 25.3. The number of phenols is 2. The summed E-state index contributed by atoms with van der Waals surface area (Å²) in [4.78, 5) is 0. The number of fused-ring (bicyclic) bond motifs is 2. The average Bonchev–Trinajstić information content (AvgIpc) is 3.11. The SMILES string of the molecule is COc1c(-c2cc(OCCCl)c3cc(-c4ccccc4)ccc3c2O)c(O)c2ccc(-c3ccccc3)c(OC)c2c1OCCCl. The maximum atomic E-state index is 12.0. The minimum absolute atomic E-state index is 0.0584. The Kier molecular flexibility index (Phi) is 9.29. The number of ether oxygens (including phenoxy) is 4. The van der Waals surface area contributed by atoms with E-state index in [0.29, 0.717) is 44.4 Å². The van der Waals surface area contributed by atoms with Gasteiger partial charge in [0, 0.05) is 27.3 Å². The second-order valence-electron chi connectivity index (χ2n) is 10.5. The minimum atomic E-state index is -0.123. The van der Waals surface area contributed by atoms with Crippen molar-refractivity contribution in [3.63, 3.8) is 0 Å². The van der Waals surface area contributed by atoms with Crippen LogP contribution in [-0.4, -0.2) is 49.4 Å². The lowest BCUT2D eigenvalue weighted by Gasteiger charge is -2.23. The third kappa shape index (κ3) is 5.59. The maximum Gasteiger partial charge on any atom is 0.173 e. The highest BCUT2D eigenvalue weighted by Crippen LogP contribution is 2.57. The molecule has 6 aromatic rings. The van der Waals surface area contributed by atoms with Gasteiger partial charge in [-0.3, -0.25) is 0 Å². The number of aromatic hydroxyl groups is 2. The van der Waals surface area contributed by atoms with E-state index in [9.17, 15) is 10.2 Å². The Labute approximate surface area is 277 Å². The van der Waals surface area contributed by atoms with Crippen LogP contribution in [0.4, 0.5) is 0 Å². The molecule has 0 amide bonds. The average molecular weight is 656 g/mol. The normalized spacial score (nSPS) is 11.1. The number of hydrogen-bond donors (Lipinski definition) is 2. The topological polar surface area (TPSA) is 77.4 Å². The predicted molar refractivity (Wildman–Crippen MR) is 187 cm³/mol. The van der Waals surface area contributed by atoms with Crippen molar-refractivity contribution >= 4 is 44.7 Å². The molecule has 6 rings (SSSR count). The van der Waals surface area contributed by atoms with Crippen molar-refractivity contribution in [3.8, 4) is 67.9 Å². The van der Waals surface area contributed by atoms with Crippen LogP contribution >= 0.6 is 23.2 Å². The lowest BCUT2D eigenvalue weighted by atomic mass is 9.91. The van der Waals surface area contributed by atoms with E-state index < -0.39 is 0 Å². The van der Waals surface area contributed by atoms with E-state index in [1.54, 1.807) is 19.2 Å². The van der Waals surface area contributed by atoms with Gasteiger partial charge < -0.3 is 29.2 Å². The molecule has 0 aromatic heterocycles. The molecule has 0 bridgehead atoms. The number of halogens is 2. The molecule has 0 aliphatic rings. The van der Waals surface area contributed by atoms with E-state index in [1.165, 1.54) is 7.11 Å². The number of benzene rings is 6. The fourth-order valence-electron chi connectivity index (χ4n) is 5.90. The molecule has 234 valence electrons.